The average molecular weight is 193 g/mol. The van der Waals surface area contributed by atoms with Gasteiger partial charge in [0, 0.05) is 0 Å². The van der Waals surface area contributed by atoms with Crippen LogP contribution in [0.5, 0.6) is 11.5 Å². The van der Waals surface area contributed by atoms with Crippen molar-refractivity contribution in [2.24, 2.45) is 5.73 Å². The molecule has 0 saturated carbocycles. The summed E-state index contributed by atoms with van der Waals surface area (Å²) in [7, 11) is 0. The zero-order chi connectivity index (χ0) is 9.97. The third-order valence-corrected chi connectivity index (χ3v) is 2.00. The van der Waals surface area contributed by atoms with E-state index in [-0.39, 0.29) is 18.4 Å². The minimum Gasteiger partial charge on any atom is -0.486 e. The Balaban J connectivity index is 2.09. The summed E-state index contributed by atoms with van der Waals surface area (Å²) >= 11 is 0. The Morgan fingerprint density at radius 1 is 1.43 bits per heavy atom. The predicted molar refractivity (Wildman–Crippen MR) is 50.2 cm³/mol. The molecule has 1 aromatic carbocycles. The highest BCUT2D eigenvalue weighted by Gasteiger charge is 2.21. The van der Waals surface area contributed by atoms with Crippen molar-refractivity contribution in [2.45, 2.75) is 12.5 Å². The Hall–Kier alpha value is -1.71. The van der Waals surface area contributed by atoms with E-state index in [9.17, 15) is 4.79 Å². The summed E-state index contributed by atoms with van der Waals surface area (Å²) in [6.07, 6.45) is -0.0728. The number of rotatable bonds is 2. The smallest absolute Gasteiger partial charge is 0.221 e. The maximum absolute atomic E-state index is 10.7. The van der Waals surface area contributed by atoms with E-state index in [1.165, 1.54) is 0 Å². The fraction of sp³-hybridized carbons (Fsp3) is 0.300. The molecule has 0 aromatic heterocycles. The monoisotopic (exact) mass is 193 g/mol. The van der Waals surface area contributed by atoms with Gasteiger partial charge in [0.05, 0.1) is 6.42 Å². The lowest BCUT2D eigenvalue weighted by Crippen LogP contribution is -2.33. The highest BCUT2D eigenvalue weighted by molar-refractivity contribution is 5.74. The number of hydrogen-bond donors (Lipinski definition) is 1. The first-order chi connectivity index (χ1) is 6.75. The van der Waals surface area contributed by atoms with Crippen LogP contribution in [0.3, 0.4) is 0 Å². The maximum atomic E-state index is 10.7. The van der Waals surface area contributed by atoms with Crippen LogP contribution < -0.4 is 15.2 Å². The zero-order valence-corrected chi connectivity index (χ0v) is 7.60. The summed E-state index contributed by atoms with van der Waals surface area (Å²) in [6, 6.07) is 7.36. The van der Waals surface area contributed by atoms with Gasteiger partial charge in [0.2, 0.25) is 5.91 Å². The van der Waals surface area contributed by atoms with Gasteiger partial charge in [-0.2, -0.15) is 0 Å². The summed E-state index contributed by atoms with van der Waals surface area (Å²) in [5.41, 5.74) is 5.07. The molecule has 0 fully saturated rings. The van der Waals surface area contributed by atoms with Crippen LogP contribution in [0.25, 0.3) is 0 Å². The number of nitrogens with two attached hydrogens (primary N) is 1. The number of para-hydroxylation sites is 2. The lowest BCUT2D eigenvalue weighted by molar-refractivity contribution is -0.120. The molecule has 2 rings (SSSR count). The van der Waals surface area contributed by atoms with E-state index >= 15 is 0 Å². The number of amides is 1. The molecule has 1 unspecified atom stereocenters. The molecule has 1 aliphatic heterocycles. The van der Waals surface area contributed by atoms with Crippen molar-refractivity contribution >= 4 is 5.91 Å². The largest absolute Gasteiger partial charge is 0.486 e. The van der Waals surface area contributed by atoms with Gasteiger partial charge < -0.3 is 15.2 Å². The van der Waals surface area contributed by atoms with Crippen LogP contribution in [-0.4, -0.2) is 18.6 Å². The summed E-state index contributed by atoms with van der Waals surface area (Å²) in [4.78, 5) is 10.7. The zero-order valence-electron chi connectivity index (χ0n) is 7.60. The van der Waals surface area contributed by atoms with E-state index in [1.54, 1.807) is 0 Å². The van der Waals surface area contributed by atoms with Crippen molar-refractivity contribution in [1.82, 2.24) is 0 Å². The first kappa shape index (κ1) is 8.87. The van der Waals surface area contributed by atoms with Gasteiger partial charge >= 0.3 is 0 Å². The summed E-state index contributed by atoms with van der Waals surface area (Å²) in [6.45, 7) is 0.375. The number of fused-ring (bicyclic) bond motifs is 1. The van der Waals surface area contributed by atoms with E-state index < -0.39 is 0 Å². The summed E-state index contributed by atoms with van der Waals surface area (Å²) in [5.74, 6) is 1.01. The molecule has 14 heavy (non-hydrogen) atoms. The first-order valence-electron chi connectivity index (χ1n) is 4.42. The molecule has 1 heterocycles. The Labute approximate surface area is 81.6 Å². The SMILES string of the molecule is NC(=O)CC1COc2ccccc2O1. The molecule has 4 nitrogen and oxygen atoms in total. The van der Waals surface area contributed by atoms with E-state index in [4.69, 9.17) is 15.2 Å². The molecule has 1 atom stereocenters. The topological polar surface area (TPSA) is 61.6 Å². The molecule has 74 valence electrons. The van der Waals surface area contributed by atoms with Crippen LogP contribution in [0.1, 0.15) is 6.42 Å². The number of benzene rings is 1. The second kappa shape index (κ2) is 3.57. The molecule has 0 radical (unpaired) electrons. The Morgan fingerprint density at radius 3 is 2.86 bits per heavy atom. The highest BCUT2D eigenvalue weighted by atomic mass is 16.6. The molecule has 1 aliphatic rings. The highest BCUT2D eigenvalue weighted by Crippen LogP contribution is 2.31. The quantitative estimate of drug-likeness (QED) is 0.752. The minimum absolute atomic E-state index is 0.189. The van der Waals surface area contributed by atoms with Gasteiger partial charge in [-0.3, -0.25) is 4.79 Å². The fourth-order valence-corrected chi connectivity index (χ4v) is 1.39. The maximum Gasteiger partial charge on any atom is 0.221 e. The number of hydrogen-bond acceptors (Lipinski definition) is 3. The number of carbonyl (C=O) groups excluding carboxylic acids is 1. The molecule has 4 heteroatoms. The molecule has 0 aliphatic carbocycles. The van der Waals surface area contributed by atoms with Crippen molar-refractivity contribution in [3.8, 4) is 11.5 Å². The van der Waals surface area contributed by atoms with Gasteiger partial charge in [-0.1, -0.05) is 12.1 Å². The Bertz CT molecular complexity index is 351. The standard InChI is InChI=1S/C10H11NO3/c11-10(12)5-7-6-13-8-3-1-2-4-9(8)14-7/h1-4,7H,5-6H2,(H2,11,12). The van der Waals surface area contributed by atoms with E-state index in [1.807, 2.05) is 24.3 Å². The van der Waals surface area contributed by atoms with Crippen LogP contribution in [0.4, 0.5) is 0 Å². The predicted octanol–water partition coefficient (Wildman–Crippen LogP) is 0.702. The third kappa shape index (κ3) is 1.79. The third-order valence-electron chi connectivity index (χ3n) is 2.00. The molecule has 2 N–H and O–H groups in total. The number of carbonyl (C=O) groups is 1. The minimum atomic E-state index is -0.377. The second-order valence-electron chi connectivity index (χ2n) is 3.17. The summed E-state index contributed by atoms with van der Waals surface area (Å²) in [5, 5.41) is 0. The van der Waals surface area contributed by atoms with Crippen molar-refractivity contribution in [2.75, 3.05) is 6.61 Å². The second-order valence-corrected chi connectivity index (χ2v) is 3.17. The molecule has 0 spiro atoms. The van der Waals surface area contributed by atoms with E-state index in [0.717, 1.165) is 0 Å². The van der Waals surface area contributed by atoms with Crippen molar-refractivity contribution in [3.05, 3.63) is 24.3 Å². The molecule has 1 aromatic rings. The van der Waals surface area contributed by atoms with Gasteiger partial charge in [-0.25, -0.2) is 0 Å². The van der Waals surface area contributed by atoms with Gasteiger partial charge in [-0.05, 0) is 12.1 Å². The van der Waals surface area contributed by atoms with Crippen LogP contribution in [0, 0.1) is 0 Å². The molecular formula is C10H11NO3. The molecular weight excluding hydrogens is 182 g/mol. The van der Waals surface area contributed by atoms with Crippen LogP contribution >= 0.6 is 0 Å². The van der Waals surface area contributed by atoms with Crippen LogP contribution in [-0.2, 0) is 4.79 Å². The van der Waals surface area contributed by atoms with Crippen molar-refractivity contribution in [3.63, 3.8) is 0 Å². The van der Waals surface area contributed by atoms with Crippen molar-refractivity contribution < 1.29 is 14.3 Å². The van der Waals surface area contributed by atoms with E-state index in [2.05, 4.69) is 0 Å². The normalized spacial score (nSPS) is 19.0. The number of ether oxygens (including phenoxy) is 2. The lowest BCUT2D eigenvalue weighted by Gasteiger charge is -2.25. The fourth-order valence-electron chi connectivity index (χ4n) is 1.39. The van der Waals surface area contributed by atoms with Crippen LogP contribution in [0.15, 0.2) is 24.3 Å². The summed E-state index contributed by atoms with van der Waals surface area (Å²) < 4.78 is 10.9. The van der Waals surface area contributed by atoms with E-state index in [0.29, 0.717) is 18.1 Å². The lowest BCUT2D eigenvalue weighted by atomic mass is 10.2. The van der Waals surface area contributed by atoms with Gasteiger partial charge in [0.15, 0.2) is 11.5 Å². The van der Waals surface area contributed by atoms with Crippen LogP contribution in [0.2, 0.25) is 0 Å². The van der Waals surface area contributed by atoms with Gasteiger partial charge in [0.1, 0.15) is 12.7 Å². The average Bonchev–Trinajstić information content (AvgIpc) is 2.17. The molecule has 1 amide bonds. The molecule has 0 saturated heterocycles. The van der Waals surface area contributed by atoms with Gasteiger partial charge in [0.25, 0.3) is 0 Å². The van der Waals surface area contributed by atoms with Crippen molar-refractivity contribution in [1.29, 1.82) is 0 Å². The van der Waals surface area contributed by atoms with Gasteiger partial charge in [-0.15, -0.1) is 0 Å². The number of primary amides is 1. The Kier molecular flexibility index (Phi) is 2.26. The molecule has 0 bridgehead atoms. The Morgan fingerprint density at radius 2 is 2.14 bits per heavy atom. The first-order valence-corrected chi connectivity index (χ1v) is 4.42.